The van der Waals surface area contributed by atoms with Crippen molar-refractivity contribution in [3.8, 4) is 0 Å². The van der Waals surface area contributed by atoms with Crippen LogP contribution in [-0.2, 0) is 9.26 Å². The van der Waals surface area contributed by atoms with E-state index in [1.807, 2.05) is 36.4 Å². The van der Waals surface area contributed by atoms with E-state index in [1.165, 1.54) is 10.6 Å². The van der Waals surface area contributed by atoms with Gasteiger partial charge < -0.3 is 9.26 Å². The molecule has 0 aromatic heterocycles. The van der Waals surface area contributed by atoms with E-state index in [0.717, 1.165) is 0 Å². The molecule has 0 aliphatic rings. The van der Waals surface area contributed by atoms with Crippen LogP contribution in [0.1, 0.15) is 0 Å². The Morgan fingerprint density at radius 1 is 0.824 bits per heavy atom. The van der Waals surface area contributed by atoms with Crippen molar-refractivity contribution in [1.82, 2.24) is 0 Å². The maximum Gasteiger partial charge on any atom is 0.151 e. The van der Waals surface area contributed by atoms with Crippen molar-refractivity contribution in [3.63, 3.8) is 0 Å². The Balaban J connectivity index is 2.26. The summed E-state index contributed by atoms with van der Waals surface area (Å²) < 4.78 is 10.8. The maximum absolute atomic E-state index is 5.81. The summed E-state index contributed by atoms with van der Waals surface area (Å²) in [5.74, 6) is 0. The molecule has 3 heteroatoms. The van der Waals surface area contributed by atoms with Crippen LogP contribution >= 0.6 is 8.15 Å². The minimum atomic E-state index is -0.782. The van der Waals surface area contributed by atoms with Gasteiger partial charge in [0.2, 0.25) is 0 Å². The Morgan fingerprint density at radius 2 is 1.29 bits per heavy atom. The van der Waals surface area contributed by atoms with Gasteiger partial charge >= 0.3 is 0 Å². The molecule has 0 aliphatic carbocycles. The Bertz CT molecular complexity index is 391. The third-order valence-electron chi connectivity index (χ3n) is 2.28. The predicted molar refractivity (Wildman–Crippen MR) is 72.0 cm³/mol. The molecular weight excluding hydrogens is 231 g/mol. The molecule has 0 N–H and O–H groups in total. The molecule has 0 atom stereocenters. The molecule has 0 fully saturated rings. The van der Waals surface area contributed by atoms with Gasteiger partial charge in [0, 0.05) is 17.7 Å². The molecule has 0 saturated heterocycles. The normalized spacial score (nSPS) is 10.7. The van der Waals surface area contributed by atoms with Crippen LogP contribution in [0.2, 0.25) is 0 Å². The SMILES string of the molecule is COCOP(c1ccccc1)c1ccccc1. The Labute approximate surface area is 103 Å². The van der Waals surface area contributed by atoms with Crippen LogP contribution in [0.3, 0.4) is 0 Å². The molecule has 0 amide bonds. The van der Waals surface area contributed by atoms with Crippen molar-refractivity contribution in [2.24, 2.45) is 0 Å². The Morgan fingerprint density at radius 3 is 1.71 bits per heavy atom. The molecular formula is C14H15O2P. The molecule has 0 bridgehead atoms. The average Bonchev–Trinajstić information content (AvgIpc) is 2.42. The first-order chi connectivity index (χ1) is 8.42. The van der Waals surface area contributed by atoms with E-state index in [-0.39, 0.29) is 0 Å². The van der Waals surface area contributed by atoms with Gasteiger partial charge in [-0.15, -0.1) is 0 Å². The largest absolute Gasteiger partial charge is 0.358 e. The fourth-order valence-corrected chi connectivity index (χ4v) is 3.22. The van der Waals surface area contributed by atoms with Crippen molar-refractivity contribution in [1.29, 1.82) is 0 Å². The minimum Gasteiger partial charge on any atom is -0.358 e. The smallest absolute Gasteiger partial charge is 0.151 e. The van der Waals surface area contributed by atoms with Crippen LogP contribution in [0.4, 0.5) is 0 Å². The van der Waals surface area contributed by atoms with Crippen LogP contribution < -0.4 is 10.6 Å². The van der Waals surface area contributed by atoms with Crippen LogP contribution in [0.25, 0.3) is 0 Å². The molecule has 2 aromatic rings. The summed E-state index contributed by atoms with van der Waals surface area (Å²) in [5.41, 5.74) is 0. The molecule has 17 heavy (non-hydrogen) atoms. The second kappa shape index (κ2) is 6.51. The second-order valence-corrected chi connectivity index (χ2v) is 5.38. The van der Waals surface area contributed by atoms with Crippen LogP contribution in [0, 0.1) is 0 Å². The molecule has 2 rings (SSSR count). The number of benzene rings is 2. The number of rotatable bonds is 5. The van der Waals surface area contributed by atoms with Gasteiger partial charge in [0.05, 0.1) is 8.15 Å². The molecule has 0 spiro atoms. The summed E-state index contributed by atoms with van der Waals surface area (Å²) in [6.45, 7) is 0.315. The molecule has 0 aliphatic heterocycles. The quantitative estimate of drug-likeness (QED) is 0.596. The lowest BCUT2D eigenvalue weighted by atomic mass is 10.4. The van der Waals surface area contributed by atoms with Gasteiger partial charge in [-0.25, -0.2) is 0 Å². The molecule has 2 nitrogen and oxygen atoms in total. The zero-order valence-corrected chi connectivity index (χ0v) is 10.6. The van der Waals surface area contributed by atoms with E-state index in [0.29, 0.717) is 6.79 Å². The molecule has 0 saturated carbocycles. The van der Waals surface area contributed by atoms with E-state index < -0.39 is 8.15 Å². The summed E-state index contributed by atoms with van der Waals surface area (Å²) in [4.78, 5) is 0. The highest BCUT2D eigenvalue weighted by atomic mass is 31.1. The number of methoxy groups -OCH3 is 1. The summed E-state index contributed by atoms with van der Waals surface area (Å²) in [6.07, 6.45) is 0. The first kappa shape index (κ1) is 12.3. The fourth-order valence-electron chi connectivity index (χ4n) is 1.53. The Kier molecular flexibility index (Phi) is 4.69. The van der Waals surface area contributed by atoms with E-state index in [1.54, 1.807) is 7.11 Å². The van der Waals surface area contributed by atoms with Crippen molar-refractivity contribution in [3.05, 3.63) is 60.7 Å². The lowest BCUT2D eigenvalue weighted by Gasteiger charge is -2.17. The summed E-state index contributed by atoms with van der Waals surface area (Å²) in [6, 6.07) is 20.5. The zero-order chi connectivity index (χ0) is 11.9. The first-order valence-electron chi connectivity index (χ1n) is 5.44. The monoisotopic (exact) mass is 246 g/mol. The summed E-state index contributed by atoms with van der Waals surface area (Å²) in [5, 5.41) is 2.40. The van der Waals surface area contributed by atoms with Gasteiger partial charge in [0.15, 0.2) is 6.79 Å². The second-order valence-electron chi connectivity index (χ2n) is 3.50. The first-order valence-corrected chi connectivity index (χ1v) is 6.70. The van der Waals surface area contributed by atoms with E-state index in [4.69, 9.17) is 9.26 Å². The standard InChI is InChI=1S/C14H15O2P/c1-15-12-16-17(13-8-4-2-5-9-13)14-10-6-3-7-11-14/h2-11H,12H2,1H3. The van der Waals surface area contributed by atoms with Gasteiger partial charge in [0.25, 0.3) is 0 Å². The average molecular weight is 246 g/mol. The maximum atomic E-state index is 5.81. The zero-order valence-electron chi connectivity index (χ0n) is 9.74. The van der Waals surface area contributed by atoms with Crippen molar-refractivity contribution in [2.75, 3.05) is 13.9 Å². The summed E-state index contributed by atoms with van der Waals surface area (Å²) in [7, 11) is 0.861. The van der Waals surface area contributed by atoms with Crippen molar-refractivity contribution >= 4 is 18.8 Å². The molecule has 88 valence electrons. The molecule has 0 unspecified atom stereocenters. The topological polar surface area (TPSA) is 18.5 Å². The van der Waals surface area contributed by atoms with E-state index in [9.17, 15) is 0 Å². The van der Waals surface area contributed by atoms with Crippen LogP contribution in [0.15, 0.2) is 60.7 Å². The highest BCUT2D eigenvalue weighted by Gasteiger charge is 2.14. The van der Waals surface area contributed by atoms with Crippen LogP contribution in [0.5, 0.6) is 0 Å². The van der Waals surface area contributed by atoms with Gasteiger partial charge in [-0.3, -0.25) is 0 Å². The van der Waals surface area contributed by atoms with Crippen LogP contribution in [-0.4, -0.2) is 13.9 Å². The predicted octanol–water partition coefficient (Wildman–Crippen LogP) is 2.65. The highest BCUT2D eigenvalue weighted by Crippen LogP contribution is 2.34. The molecule has 0 heterocycles. The third-order valence-corrected chi connectivity index (χ3v) is 4.18. The minimum absolute atomic E-state index is 0.315. The van der Waals surface area contributed by atoms with Gasteiger partial charge in [0.1, 0.15) is 0 Å². The van der Waals surface area contributed by atoms with E-state index in [2.05, 4.69) is 24.3 Å². The lowest BCUT2D eigenvalue weighted by molar-refractivity contribution is 0.0624. The van der Waals surface area contributed by atoms with Crippen molar-refractivity contribution < 1.29 is 9.26 Å². The number of hydrogen-bond acceptors (Lipinski definition) is 2. The van der Waals surface area contributed by atoms with Gasteiger partial charge in [-0.2, -0.15) is 0 Å². The van der Waals surface area contributed by atoms with E-state index >= 15 is 0 Å². The van der Waals surface area contributed by atoms with Crippen molar-refractivity contribution in [2.45, 2.75) is 0 Å². The fraction of sp³-hybridized carbons (Fsp3) is 0.143. The summed E-state index contributed by atoms with van der Waals surface area (Å²) >= 11 is 0. The molecule has 0 radical (unpaired) electrons. The third kappa shape index (κ3) is 3.37. The van der Waals surface area contributed by atoms with Gasteiger partial charge in [-0.1, -0.05) is 60.7 Å². The van der Waals surface area contributed by atoms with Gasteiger partial charge in [-0.05, 0) is 0 Å². The lowest BCUT2D eigenvalue weighted by Crippen LogP contribution is -2.14. The Hall–Kier alpha value is -1.21. The number of ether oxygens (including phenoxy) is 1. The number of hydrogen-bond donors (Lipinski definition) is 0. The highest BCUT2D eigenvalue weighted by molar-refractivity contribution is 7.68. The molecule has 2 aromatic carbocycles.